The summed E-state index contributed by atoms with van der Waals surface area (Å²) in [4.78, 5) is 36.4. The third-order valence-electron chi connectivity index (χ3n) is 8.18. The number of carbonyl (C=O) groups excluding carboxylic acids is 1. The minimum absolute atomic E-state index is 0.0416. The van der Waals surface area contributed by atoms with E-state index in [2.05, 4.69) is 45.7 Å². The Hall–Kier alpha value is -5.23. The van der Waals surface area contributed by atoms with Crippen LogP contribution in [0, 0.1) is 11.7 Å². The Bertz CT molecular complexity index is 2010. The van der Waals surface area contributed by atoms with Crippen LogP contribution in [0.5, 0.6) is 0 Å². The Balaban J connectivity index is 1.20. The third-order valence-corrected chi connectivity index (χ3v) is 8.18. The lowest BCUT2D eigenvalue weighted by Crippen LogP contribution is -2.20. The molecule has 12 heteroatoms. The van der Waals surface area contributed by atoms with Crippen molar-refractivity contribution < 1.29 is 9.18 Å². The molecule has 0 spiro atoms. The van der Waals surface area contributed by atoms with E-state index in [4.69, 9.17) is 4.98 Å². The molecule has 5 aromatic heterocycles. The Morgan fingerprint density at radius 2 is 1.87 bits per heavy atom. The van der Waals surface area contributed by atoms with E-state index in [0.717, 1.165) is 54.3 Å². The molecule has 228 valence electrons. The van der Waals surface area contributed by atoms with Gasteiger partial charge in [-0.2, -0.15) is 5.10 Å². The lowest BCUT2D eigenvalue weighted by Gasteiger charge is -2.12. The van der Waals surface area contributed by atoms with Crippen molar-refractivity contribution >= 4 is 39.3 Å². The van der Waals surface area contributed by atoms with Crippen LogP contribution < -0.4 is 10.6 Å². The predicted molar refractivity (Wildman–Crippen MR) is 173 cm³/mol. The molecule has 0 unspecified atom stereocenters. The molecule has 1 aliphatic carbocycles. The highest BCUT2D eigenvalue weighted by atomic mass is 19.1. The highest BCUT2D eigenvalue weighted by Crippen LogP contribution is 2.33. The molecule has 45 heavy (non-hydrogen) atoms. The van der Waals surface area contributed by atoms with Crippen molar-refractivity contribution in [3.63, 3.8) is 0 Å². The normalized spacial score (nSPS) is 13.7. The molecule has 0 radical (unpaired) electrons. The number of nitrogens with one attached hydrogen (secondary N) is 4. The molecule has 0 bridgehead atoms. The van der Waals surface area contributed by atoms with Gasteiger partial charge in [-0.15, -0.1) is 0 Å². The number of hydrogen-bond acceptors (Lipinski definition) is 8. The van der Waals surface area contributed by atoms with Gasteiger partial charge in [-0.25, -0.2) is 14.4 Å². The van der Waals surface area contributed by atoms with Crippen molar-refractivity contribution in [2.75, 3.05) is 37.8 Å². The van der Waals surface area contributed by atoms with E-state index in [0.29, 0.717) is 51.9 Å². The SMILES string of the molecule is CN(C)CCNc1cc(F)cc(-c2ccnc3[nH]c(-c4n[nH]c5cnc(-c6cncc(NC(=O)C7CCCC7)c6)cc45)nc23)c1. The molecule has 1 saturated carbocycles. The number of H-pyrrole nitrogens is 2. The fraction of sp³-hybridized carbons (Fsp3) is 0.273. The Labute approximate surface area is 258 Å². The Morgan fingerprint density at radius 3 is 2.71 bits per heavy atom. The molecule has 0 aliphatic heterocycles. The number of amides is 1. The van der Waals surface area contributed by atoms with E-state index in [1.54, 1.807) is 24.8 Å². The van der Waals surface area contributed by atoms with Gasteiger partial charge in [-0.1, -0.05) is 12.8 Å². The molecule has 11 nitrogen and oxygen atoms in total. The van der Waals surface area contributed by atoms with E-state index in [9.17, 15) is 9.18 Å². The van der Waals surface area contributed by atoms with Crippen molar-refractivity contribution in [1.82, 2.24) is 40.0 Å². The molecule has 6 aromatic rings. The third kappa shape index (κ3) is 5.96. The van der Waals surface area contributed by atoms with E-state index in [1.165, 1.54) is 12.1 Å². The first-order valence-electron chi connectivity index (χ1n) is 15.1. The summed E-state index contributed by atoms with van der Waals surface area (Å²) in [5.74, 6) is 0.281. The highest BCUT2D eigenvalue weighted by molar-refractivity contribution is 5.97. The second-order valence-electron chi connectivity index (χ2n) is 11.7. The number of rotatable bonds is 9. The molecular weight excluding hydrogens is 571 g/mol. The summed E-state index contributed by atoms with van der Waals surface area (Å²) in [6, 6.07) is 10.6. The molecule has 1 aliphatic rings. The molecule has 1 amide bonds. The van der Waals surface area contributed by atoms with Crippen LogP contribution in [-0.4, -0.2) is 73.1 Å². The van der Waals surface area contributed by atoms with Gasteiger partial charge in [-0.05, 0) is 68.9 Å². The van der Waals surface area contributed by atoms with Gasteiger partial charge in [0.2, 0.25) is 5.91 Å². The van der Waals surface area contributed by atoms with Gasteiger partial charge in [0.05, 0.1) is 29.3 Å². The van der Waals surface area contributed by atoms with Crippen LogP contribution in [0.4, 0.5) is 15.8 Å². The first-order valence-corrected chi connectivity index (χ1v) is 15.1. The number of nitrogens with zero attached hydrogens (tertiary/aromatic N) is 6. The van der Waals surface area contributed by atoms with Crippen LogP contribution in [0.1, 0.15) is 25.7 Å². The van der Waals surface area contributed by atoms with Crippen LogP contribution in [0.25, 0.3) is 56.0 Å². The highest BCUT2D eigenvalue weighted by Gasteiger charge is 2.23. The fourth-order valence-electron chi connectivity index (χ4n) is 5.86. The van der Waals surface area contributed by atoms with Crippen molar-refractivity contribution in [2.24, 2.45) is 5.92 Å². The number of fused-ring (bicyclic) bond motifs is 2. The maximum Gasteiger partial charge on any atom is 0.227 e. The van der Waals surface area contributed by atoms with Crippen molar-refractivity contribution in [3.8, 4) is 33.9 Å². The summed E-state index contributed by atoms with van der Waals surface area (Å²) in [7, 11) is 3.99. The van der Waals surface area contributed by atoms with Crippen LogP contribution >= 0.6 is 0 Å². The van der Waals surface area contributed by atoms with Gasteiger partial charge >= 0.3 is 0 Å². The number of aromatic nitrogens is 7. The van der Waals surface area contributed by atoms with Crippen LogP contribution in [0.15, 0.2) is 61.2 Å². The number of pyridine rings is 3. The van der Waals surface area contributed by atoms with Crippen molar-refractivity contribution in [1.29, 1.82) is 0 Å². The number of halogens is 1. The fourth-order valence-corrected chi connectivity index (χ4v) is 5.86. The number of carbonyl (C=O) groups is 1. The molecule has 1 aromatic carbocycles. The first kappa shape index (κ1) is 28.5. The van der Waals surface area contributed by atoms with Gasteiger partial charge in [0.1, 0.15) is 17.0 Å². The molecule has 1 fully saturated rings. The lowest BCUT2D eigenvalue weighted by molar-refractivity contribution is -0.119. The predicted octanol–water partition coefficient (Wildman–Crippen LogP) is 5.87. The number of anilines is 2. The largest absolute Gasteiger partial charge is 0.384 e. The van der Waals surface area contributed by atoms with Gasteiger partial charge in [0.15, 0.2) is 11.5 Å². The van der Waals surface area contributed by atoms with Crippen molar-refractivity contribution in [2.45, 2.75) is 25.7 Å². The van der Waals surface area contributed by atoms with Crippen molar-refractivity contribution in [3.05, 3.63) is 67.0 Å². The molecule has 5 heterocycles. The molecule has 7 rings (SSSR count). The Kier molecular flexibility index (Phi) is 7.64. The molecule has 0 saturated heterocycles. The minimum Gasteiger partial charge on any atom is -0.384 e. The average molecular weight is 605 g/mol. The summed E-state index contributed by atoms with van der Waals surface area (Å²) < 4.78 is 14.7. The number of hydrogen-bond donors (Lipinski definition) is 4. The summed E-state index contributed by atoms with van der Waals surface area (Å²) in [6.45, 7) is 1.51. The topological polar surface area (TPSA) is 140 Å². The van der Waals surface area contributed by atoms with Gasteiger partial charge < -0.3 is 20.5 Å². The monoisotopic (exact) mass is 604 g/mol. The zero-order chi connectivity index (χ0) is 30.9. The van der Waals surface area contributed by atoms with E-state index < -0.39 is 0 Å². The van der Waals surface area contributed by atoms with Crippen LogP contribution in [-0.2, 0) is 4.79 Å². The molecule has 4 N–H and O–H groups in total. The molecular formula is C33H33FN10O. The van der Waals surface area contributed by atoms with E-state index in [-0.39, 0.29) is 17.6 Å². The van der Waals surface area contributed by atoms with Crippen LogP contribution in [0.2, 0.25) is 0 Å². The summed E-state index contributed by atoms with van der Waals surface area (Å²) in [6.07, 6.45) is 10.8. The standard InChI is InChI=1S/C33H33FN10O/c1-44(2)10-9-36-23-12-20(11-22(34)14-23)25-7-8-37-31-29(25)40-32(41-31)30-26-15-27(38-18-28(26)42-43-30)21-13-24(17-35-16-21)39-33(45)19-5-3-4-6-19/h7-8,11-19,36H,3-6,9-10H2,1-2H3,(H,39,45)(H,42,43)(H,37,40,41). The lowest BCUT2D eigenvalue weighted by atomic mass is 10.0. The molecule has 0 atom stereocenters. The number of benzene rings is 1. The minimum atomic E-state index is -0.337. The van der Waals surface area contributed by atoms with Gasteiger partial charge in [0, 0.05) is 53.6 Å². The van der Waals surface area contributed by atoms with Crippen LogP contribution in [0.3, 0.4) is 0 Å². The maximum absolute atomic E-state index is 14.7. The zero-order valence-electron chi connectivity index (χ0n) is 25.1. The first-order chi connectivity index (χ1) is 21.9. The number of aromatic amines is 2. The van der Waals surface area contributed by atoms with E-state index in [1.807, 2.05) is 38.4 Å². The second-order valence-corrected chi connectivity index (χ2v) is 11.7. The summed E-state index contributed by atoms with van der Waals surface area (Å²) in [5.41, 5.74) is 6.74. The second kappa shape index (κ2) is 12.0. The van der Waals surface area contributed by atoms with E-state index >= 15 is 0 Å². The summed E-state index contributed by atoms with van der Waals surface area (Å²) >= 11 is 0. The van der Waals surface area contributed by atoms with Gasteiger partial charge in [0.25, 0.3) is 0 Å². The number of likely N-dealkylation sites (N-methyl/N-ethyl adjacent to an activating group) is 1. The zero-order valence-corrected chi connectivity index (χ0v) is 25.1. The smallest absolute Gasteiger partial charge is 0.227 e. The summed E-state index contributed by atoms with van der Waals surface area (Å²) in [5, 5.41) is 14.7. The average Bonchev–Trinajstić information content (AvgIpc) is 3.80. The number of imidazole rings is 1. The quantitative estimate of drug-likeness (QED) is 0.161. The Morgan fingerprint density at radius 1 is 1.02 bits per heavy atom. The maximum atomic E-state index is 14.7. The van der Waals surface area contributed by atoms with Gasteiger partial charge in [-0.3, -0.25) is 19.9 Å².